The number of aromatic nitrogens is 2. The Morgan fingerprint density at radius 3 is 2.58 bits per heavy atom. The average molecular weight is 266 g/mol. The lowest BCUT2D eigenvalue weighted by Crippen LogP contribution is -2.15. The second-order valence-corrected chi connectivity index (χ2v) is 4.65. The number of ether oxygens (including phenoxy) is 1. The summed E-state index contributed by atoms with van der Waals surface area (Å²) in [5, 5.41) is 6.39. The fourth-order valence-corrected chi connectivity index (χ4v) is 2.06. The van der Waals surface area contributed by atoms with Gasteiger partial charge in [0.15, 0.2) is 11.6 Å². The lowest BCUT2D eigenvalue weighted by Gasteiger charge is -2.17. The van der Waals surface area contributed by atoms with E-state index in [0.29, 0.717) is 17.5 Å². The fraction of sp³-hybridized carbons (Fsp3) is 0.714. The molecule has 1 aromatic rings. The Morgan fingerprint density at radius 2 is 2.00 bits per heavy atom. The van der Waals surface area contributed by atoms with Gasteiger partial charge in [0.05, 0.1) is 7.11 Å². The first-order valence-electron chi connectivity index (χ1n) is 7.07. The number of hydrogen-bond acceptors (Lipinski definition) is 5. The Labute approximate surface area is 116 Å². The van der Waals surface area contributed by atoms with Gasteiger partial charge in [-0.05, 0) is 12.3 Å². The third-order valence-corrected chi connectivity index (χ3v) is 3.35. The van der Waals surface area contributed by atoms with E-state index < -0.39 is 0 Å². The highest BCUT2D eigenvalue weighted by Crippen LogP contribution is 2.28. The largest absolute Gasteiger partial charge is 0.490 e. The van der Waals surface area contributed by atoms with E-state index in [9.17, 15) is 0 Å². The van der Waals surface area contributed by atoms with Gasteiger partial charge in [-0.2, -0.15) is 0 Å². The molecule has 1 rings (SSSR count). The van der Waals surface area contributed by atoms with Crippen LogP contribution in [0, 0.1) is 5.92 Å². The molecule has 5 nitrogen and oxygen atoms in total. The summed E-state index contributed by atoms with van der Waals surface area (Å²) in [6.07, 6.45) is 6.51. The minimum absolute atomic E-state index is 0.676. The number of hydrogen-bond donors (Lipinski definition) is 2. The molecule has 0 aliphatic heterocycles. The van der Waals surface area contributed by atoms with Crippen molar-refractivity contribution >= 4 is 11.6 Å². The molecule has 0 aromatic carbocycles. The van der Waals surface area contributed by atoms with E-state index in [1.165, 1.54) is 25.7 Å². The minimum atomic E-state index is 0.676. The molecule has 1 atom stereocenters. The molecule has 0 aliphatic carbocycles. The van der Waals surface area contributed by atoms with Gasteiger partial charge in [0.1, 0.15) is 6.33 Å². The van der Waals surface area contributed by atoms with Crippen molar-refractivity contribution in [2.75, 3.05) is 31.3 Å². The van der Waals surface area contributed by atoms with Gasteiger partial charge in [0.25, 0.3) is 0 Å². The molecular formula is C14H26N4O. The SMILES string of the molecule is CCCCC(CC)CNc1ncnc(NC)c1OC. The van der Waals surface area contributed by atoms with Crippen LogP contribution in [0.25, 0.3) is 0 Å². The number of methoxy groups -OCH3 is 1. The van der Waals surface area contributed by atoms with Crippen LogP contribution >= 0.6 is 0 Å². The molecule has 19 heavy (non-hydrogen) atoms. The molecule has 0 spiro atoms. The molecule has 0 bridgehead atoms. The third kappa shape index (κ3) is 4.58. The zero-order valence-electron chi connectivity index (χ0n) is 12.5. The first kappa shape index (κ1) is 15.5. The van der Waals surface area contributed by atoms with Gasteiger partial charge in [0.2, 0.25) is 5.75 Å². The third-order valence-electron chi connectivity index (χ3n) is 3.35. The molecule has 0 fully saturated rings. The highest BCUT2D eigenvalue weighted by Gasteiger charge is 2.12. The highest BCUT2D eigenvalue weighted by atomic mass is 16.5. The monoisotopic (exact) mass is 266 g/mol. The van der Waals surface area contributed by atoms with E-state index in [2.05, 4.69) is 34.4 Å². The van der Waals surface area contributed by atoms with Gasteiger partial charge in [-0.25, -0.2) is 9.97 Å². The second-order valence-electron chi connectivity index (χ2n) is 4.65. The van der Waals surface area contributed by atoms with Crippen LogP contribution in [-0.4, -0.2) is 30.7 Å². The van der Waals surface area contributed by atoms with Crippen molar-refractivity contribution in [3.05, 3.63) is 6.33 Å². The first-order valence-corrected chi connectivity index (χ1v) is 7.07. The molecule has 0 aliphatic rings. The van der Waals surface area contributed by atoms with Crippen LogP contribution in [0.5, 0.6) is 5.75 Å². The van der Waals surface area contributed by atoms with Crippen LogP contribution in [0.2, 0.25) is 0 Å². The quantitative estimate of drug-likeness (QED) is 0.719. The van der Waals surface area contributed by atoms with Crippen LogP contribution < -0.4 is 15.4 Å². The standard InChI is InChI=1S/C14H26N4O/c1-5-7-8-11(6-2)9-16-14-12(19-4)13(15-3)17-10-18-14/h10-11H,5-9H2,1-4H3,(H2,15,16,17,18). The van der Waals surface area contributed by atoms with Crippen molar-refractivity contribution in [2.45, 2.75) is 39.5 Å². The summed E-state index contributed by atoms with van der Waals surface area (Å²) in [6.45, 7) is 5.39. The van der Waals surface area contributed by atoms with E-state index >= 15 is 0 Å². The second kappa shape index (κ2) is 8.56. The molecule has 1 heterocycles. The van der Waals surface area contributed by atoms with Crippen molar-refractivity contribution in [1.29, 1.82) is 0 Å². The Morgan fingerprint density at radius 1 is 1.26 bits per heavy atom. The Kier molecular flexibility index (Phi) is 7.00. The summed E-state index contributed by atoms with van der Waals surface area (Å²) in [4.78, 5) is 8.40. The lowest BCUT2D eigenvalue weighted by molar-refractivity contribution is 0.413. The van der Waals surface area contributed by atoms with Gasteiger partial charge in [-0.15, -0.1) is 0 Å². The molecule has 0 saturated carbocycles. The average Bonchev–Trinajstić information content (AvgIpc) is 2.46. The number of nitrogens with one attached hydrogen (secondary N) is 2. The van der Waals surface area contributed by atoms with Gasteiger partial charge in [-0.3, -0.25) is 0 Å². The maximum atomic E-state index is 5.36. The molecule has 0 radical (unpaired) electrons. The zero-order valence-corrected chi connectivity index (χ0v) is 12.5. The summed E-state index contributed by atoms with van der Waals surface area (Å²) in [5.74, 6) is 2.83. The predicted molar refractivity (Wildman–Crippen MR) is 79.9 cm³/mol. The first-order chi connectivity index (χ1) is 9.26. The van der Waals surface area contributed by atoms with Gasteiger partial charge in [0, 0.05) is 13.6 Å². The van der Waals surface area contributed by atoms with Crippen LogP contribution in [-0.2, 0) is 0 Å². The van der Waals surface area contributed by atoms with Crippen molar-refractivity contribution in [1.82, 2.24) is 9.97 Å². The molecule has 5 heteroatoms. The number of rotatable bonds is 9. The Balaban J connectivity index is 2.65. The smallest absolute Gasteiger partial charge is 0.204 e. The summed E-state index contributed by atoms with van der Waals surface area (Å²) in [7, 11) is 3.46. The van der Waals surface area contributed by atoms with Gasteiger partial charge in [-0.1, -0.05) is 33.1 Å². The number of anilines is 2. The summed E-state index contributed by atoms with van der Waals surface area (Å²) >= 11 is 0. The molecule has 0 amide bonds. The van der Waals surface area contributed by atoms with Gasteiger partial charge >= 0.3 is 0 Å². The Hall–Kier alpha value is -1.52. The van der Waals surface area contributed by atoms with Crippen molar-refractivity contribution in [3.8, 4) is 5.75 Å². The number of nitrogens with zero attached hydrogens (tertiary/aromatic N) is 2. The summed E-state index contributed by atoms with van der Waals surface area (Å²) in [6, 6.07) is 0. The molecule has 108 valence electrons. The van der Waals surface area contributed by atoms with Crippen LogP contribution in [0.3, 0.4) is 0 Å². The van der Waals surface area contributed by atoms with Crippen LogP contribution in [0.4, 0.5) is 11.6 Å². The maximum absolute atomic E-state index is 5.36. The van der Waals surface area contributed by atoms with E-state index in [-0.39, 0.29) is 0 Å². The Bertz CT molecular complexity index is 370. The normalized spacial score (nSPS) is 12.0. The van der Waals surface area contributed by atoms with Crippen molar-refractivity contribution < 1.29 is 4.74 Å². The summed E-state index contributed by atoms with van der Waals surface area (Å²) < 4.78 is 5.36. The molecular weight excluding hydrogens is 240 g/mol. The van der Waals surface area contributed by atoms with E-state index in [1.54, 1.807) is 13.4 Å². The predicted octanol–water partition coefficient (Wildman–Crippen LogP) is 3.16. The molecule has 1 aromatic heterocycles. The van der Waals surface area contributed by atoms with E-state index in [1.807, 2.05) is 7.05 Å². The molecule has 2 N–H and O–H groups in total. The maximum Gasteiger partial charge on any atom is 0.204 e. The van der Waals surface area contributed by atoms with E-state index in [4.69, 9.17) is 4.74 Å². The molecule has 1 unspecified atom stereocenters. The highest BCUT2D eigenvalue weighted by molar-refractivity contribution is 5.63. The van der Waals surface area contributed by atoms with Gasteiger partial charge < -0.3 is 15.4 Å². The lowest BCUT2D eigenvalue weighted by atomic mass is 9.99. The number of unbranched alkanes of at least 4 members (excludes halogenated alkanes) is 1. The fourth-order valence-electron chi connectivity index (χ4n) is 2.06. The van der Waals surface area contributed by atoms with Crippen LogP contribution in [0.15, 0.2) is 6.33 Å². The zero-order chi connectivity index (χ0) is 14.1. The van der Waals surface area contributed by atoms with Crippen molar-refractivity contribution in [3.63, 3.8) is 0 Å². The molecule has 0 saturated heterocycles. The minimum Gasteiger partial charge on any atom is -0.490 e. The van der Waals surface area contributed by atoms with Crippen LogP contribution in [0.1, 0.15) is 39.5 Å². The van der Waals surface area contributed by atoms with Crippen molar-refractivity contribution in [2.24, 2.45) is 5.92 Å². The van der Waals surface area contributed by atoms with E-state index in [0.717, 1.165) is 12.4 Å². The summed E-state index contributed by atoms with van der Waals surface area (Å²) in [5.41, 5.74) is 0. The topological polar surface area (TPSA) is 59.1 Å².